The van der Waals surface area contributed by atoms with E-state index in [4.69, 9.17) is 14.7 Å². The van der Waals surface area contributed by atoms with Crippen molar-refractivity contribution in [2.45, 2.75) is 13.8 Å². The van der Waals surface area contributed by atoms with Gasteiger partial charge in [-0.3, -0.25) is 0 Å². The first kappa shape index (κ1) is 19.8. The topological polar surface area (TPSA) is 48.0 Å². The number of hydrogen-bond acceptors (Lipinski definition) is 7. The molecule has 156 valence electrons. The Morgan fingerprint density at radius 2 is 1.45 bits per heavy atom. The highest BCUT2D eigenvalue weighted by Crippen LogP contribution is 2.24. The van der Waals surface area contributed by atoms with Gasteiger partial charge in [0.05, 0.1) is 7.11 Å². The smallest absolute Gasteiger partial charge is 0.227 e. The average Bonchev–Trinajstić information content (AvgIpc) is 2.79. The van der Waals surface area contributed by atoms with Crippen LogP contribution in [0.3, 0.4) is 0 Å². The first-order valence-corrected chi connectivity index (χ1v) is 10.6. The summed E-state index contributed by atoms with van der Waals surface area (Å²) in [5, 5.41) is 0. The number of aryl methyl sites for hydroxylation is 1. The Kier molecular flexibility index (Phi) is 6.04. The van der Waals surface area contributed by atoms with E-state index in [1.165, 1.54) is 5.69 Å². The highest BCUT2D eigenvalue weighted by Gasteiger charge is 2.22. The van der Waals surface area contributed by atoms with Crippen LogP contribution in [0.5, 0.6) is 5.75 Å². The van der Waals surface area contributed by atoms with Crippen molar-refractivity contribution >= 4 is 17.5 Å². The summed E-state index contributed by atoms with van der Waals surface area (Å²) in [4.78, 5) is 19.3. The minimum Gasteiger partial charge on any atom is -0.497 e. The van der Waals surface area contributed by atoms with Crippen molar-refractivity contribution in [3.05, 3.63) is 36.0 Å². The number of methoxy groups -OCH3 is 1. The lowest BCUT2D eigenvalue weighted by atomic mass is 10.2. The zero-order valence-corrected chi connectivity index (χ0v) is 17.8. The van der Waals surface area contributed by atoms with Gasteiger partial charge in [0.1, 0.15) is 11.6 Å². The SMILES string of the molecule is CCN1CCN(c2nc(C)cc(N3CCN(c4ccc(OC)cc4)CC3)n2)CC1. The number of benzene rings is 1. The molecule has 0 N–H and O–H groups in total. The maximum atomic E-state index is 5.27. The molecule has 0 saturated carbocycles. The van der Waals surface area contributed by atoms with E-state index in [0.29, 0.717) is 0 Å². The summed E-state index contributed by atoms with van der Waals surface area (Å²) in [6.07, 6.45) is 0. The van der Waals surface area contributed by atoms with Crippen LogP contribution in [-0.4, -0.2) is 80.9 Å². The minimum absolute atomic E-state index is 0.883. The van der Waals surface area contributed by atoms with Gasteiger partial charge in [-0.15, -0.1) is 0 Å². The standard InChI is InChI=1S/C22H32N6O/c1-4-25-9-11-28(12-10-25)22-23-18(2)17-21(24-22)27-15-13-26(14-16-27)19-5-7-20(29-3)8-6-19/h5-8,17H,4,9-16H2,1-3H3. The van der Waals surface area contributed by atoms with Crippen molar-refractivity contribution in [1.29, 1.82) is 0 Å². The molecule has 4 rings (SSSR count). The van der Waals surface area contributed by atoms with E-state index in [1.807, 2.05) is 12.1 Å². The van der Waals surface area contributed by atoms with Crippen LogP contribution in [0.2, 0.25) is 0 Å². The van der Waals surface area contributed by atoms with Gasteiger partial charge in [0.2, 0.25) is 5.95 Å². The molecule has 2 saturated heterocycles. The average molecular weight is 397 g/mol. The van der Waals surface area contributed by atoms with Crippen LogP contribution >= 0.6 is 0 Å². The molecular formula is C22H32N6O. The van der Waals surface area contributed by atoms with Crippen LogP contribution < -0.4 is 19.4 Å². The summed E-state index contributed by atoms with van der Waals surface area (Å²) in [5.41, 5.74) is 2.29. The second-order valence-corrected chi connectivity index (χ2v) is 7.76. The van der Waals surface area contributed by atoms with E-state index in [2.05, 4.69) is 51.6 Å². The van der Waals surface area contributed by atoms with Crippen LogP contribution in [0.25, 0.3) is 0 Å². The van der Waals surface area contributed by atoms with Crippen molar-refractivity contribution in [3.63, 3.8) is 0 Å². The Morgan fingerprint density at radius 3 is 2.07 bits per heavy atom. The van der Waals surface area contributed by atoms with Gasteiger partial charge < -0.3 is 24.3 Å². The molecule has 7 nitrogen and oxygen atoms in total. The first-order valence-electron chi connectivity index (χ1n) is 10.6. The number of hydrogen-bond donors (Lipinski definition) is 0. The summed E-state index contributed by atoms with van der Waals surface area (Å²) < 4.78 is 5.27. The highest BCUT2D eigenvalue weighted by molar-refractivity contribution is 5.52. The molecular weight excluding hydrogens is 364 g/mol. The van der Waals surface area contributed by atoms with Gasteiger partial charge in [0.15, 0.2) is 0 Å². The van der Waals surface area contributed by atoms with Crippen LogP contribution in [0, 0.1) is 6.92 Å². The number of piperazine rings is 2. The van der Waals surface area contributed by atoms with Crippen molar-refractivity contribution < 1.29 is 4.74 Å². The molecule has 0 radical (unpaired) electrons. The highest BCUT2D eigenvalue weighted by atomic mass is 16.5. The zero-order valence-electron chi connectivity index (χ0n) is 17.8. The molecule has 2 fully saturated rings. The minimum atomic E-state index is 0.883. The molecule has 2 aliphatic heterocycles. The van der Waals surface area contributed by atoms with E-state index in [1.54, 1.807) is 7.11 Å². The predicted octanol–water partition coefficient (Wildman–Crippen LogP) is 2.26. The lowest BCUT2D eigenvalue weighted by Gasteiger charge is -2.38. The molecule has 7 heteroatoms. The monoisotopic (exact) mass is 396 g/mol. The van der Waals surface area contributed by atoms with E-state index in [0.717, 1.165) is 82.1 Å². The Morgan fingerprint density at radius 1 is 0.828 bits per heavy atom. The van der Waals surface area contributed by atoms with Gasteiger partial charge in [0, 0.05) is 69.8 Å². The van der Waals surface area contributed by atoms with Crippen molar-refractivity contribution in [3.8, 4) is 5.75 Å². The second kappa shape index (κ2) is 8.86. The number of likely N-dealkylation sites (N-methyl/N-ethyl adjacent to an activating group) is 1. The molecule has 1 aromatic carbocycles. The number of ether oxygens (including phenoxy) is 1. The van der Waals surface area contributed by atoms with Gasteiger partial charge >= 0.3 is 0 Å². The third-order valence-corrected chi connectivity index (χ3v) is 5.97. The summed E-state index contributed by atoms with van der Waals surface area (Å²) in [6.45, 7) is 13.5. The molecule has 3 heterocycles. The molecule has 0 unspecified atom stereocenters. The van der Waals surface area contributed by atoms with Gasteiger partial charge in [-0.2, -0.15) is 4.98 Å². The molecule has 0 amide bonds. The summed E-state index contributed by atoms with van der Waals surface area (Å²) in [5.74, 6) is 2.84. The van der Waals surface area contributed by atoms with E-state index in [-0.39, 0.29) is 0 Å². The maximum Gasteiger partial charge on any atom is 0.227 e. The van der Waals surface area contributed by atoms with Gasteiger partial charge in [0.25, 0.3) is 0 Å². The molecule has 0 spiro atoms. The normalized spacial score (nSPS) is 18.2. The Labute approximate surface area is 173 Å². The van der Waals surface area contributed by atoms with Crippen LogP contribution in [0.15, 0.2) is 30.3 Å². The lowest BCUT2D eigenvalue weighted by molar-refractivity contribution is 0.270. The Hall–Kier alpha value is -2.54. The van der Waals surface area contributed by atoms with Crippen LogP contribution in [0.1, 0.15) is 12.6 Å². The number of aromatic nitrogens is 2. The molecule has 0 atom stereocenters. The lowest BCUT2D eigenvalue weighted by Crippen LogP contribution is -2.48. The van der Waals surface area contributed by atoms with Crippen molar-refractivity contribution in [2.24, 2.45) is 0 Å². The van der Waals surface area contributed by atoms with E-state index in [9.17, 15) is 0 Å². The fourth-order valence-corrected chi connectivity index (χ4v) is 4.09. The van der Waals surface area contributed by atoms with Gasteiger partial charge in [-0.25, -0.2) is 4.98 Å². The summed E-state index contributed by atoms with van der Waals surface area (Å²) >= 11 is 0. The van der Waals surface area contributed by atoms with Gasteiger partial charge in [-0.05, 0) is 37.7 Å². The largest absolute Gasteiger partial charge is 0.497 e. The number of anilines is 3. The Bertz CT molecular complexity index is 795. The van der Waals surface area contributed by atoms with E-state index >= 15 is 0 Å². The second-order valence-electron chi connectivity index (χ2n) is 7.76. The Balaban J connectivity index is 1.41. The molecule has 1 aromatic heterocycles. The fraction of sp³-hybridized carbons (Fsp3) is 0.545. The van der Waals surface area contributed by atoms with Crippen LogP contribution in [-0.2, 0) is 0 Å². The van der Waals surface area contributed by atoms with Gasteiger partial charge in [-0.1, -0.05) is 6.92 Å². The third kappa shape index (κ3) is 4.56. The predicted molar refractivity (Wildman–Crippen MR) is 119 cm³/mol. The molecule has 29 heavy (non-hydrogen) atoms. The third-order valence-electron chi connectivity index (χ3n) is 5.97. The first-order chi connectivity index (χ1) is 14.2. The quantitative estimate of drug-likeness (QED) is 0.768. The molecule has 0 aliphatic carbocycles. The fourth-order valence-electron chi connectivity index (χ4n) is 4.09. The summed E-state index contributed by atoms with van der Waals surface area (Å²) in [6, 6.07) is 10.4. The van der Waals surface area contributed by atoms with Crippen LogP contribution in [0.4, 0.5) is 17.5 Å². The van der Waals surface area contributed by atoms with Crippen molar-refractivity contribution in [2.75, 3.05) is 80.7 Å². The van der Waals surface area contributed by atoms with Crippen molar-refractivity contribution in [1.82, 2.24) is 14.9 Å². The molecule has 2 aliphatic rings. The number of rotatable bonds is 5. The summed E-state index contributed by atoms with van der Waals surface area (Å²) in [7, 11) is 1.70. The zero-order chi connectivity index (χ0) is 20.2. The number of nitrogens with zero attached hydrogens (tertiary/aromatic N) is 6. The molecule has 2 aromatic rings. The maximum absolute atomic E-state index is 5.27. The molecule has 0 bridgehead atoms. The van der Waals surface area contributed by atoms with E-state index < -0.39 is 0 Å².